The molecule has 8 heteroatoms. The van der Waals surface area contributed by atoms with Crippen molar-refractivity contribution >= 4 is 29.4 Å². The fraction of sp³-hybridized carbons (Fsp3) is 0.312. The number of nitrogens with zero attached hydrogens (tertiary/aromatic N) is 3. The standard InChI is InChI=1S/C16H18N4O3S/c1-24-16-12(15(22)19-7-9-23-10-8-19)13(17)18-20(16)14(21)11-5-3-2-4-6-11/h2-6H,7-10H2,1H3,(H2,17,18). The molecular weight excluding hydrogens is 328 g/mol. The van der Waals surface area contributed by atoms with E-state index in [1.807, 2.05) is 6.07 Å². The topological polar surface area (TPSA) is 90.4 Å². The average Bonchev–Trinajstić information content (AvgIpc) is 2.98. The van der Waals surface area contributed by atoms with Crippen LogP contribution in [-0.4, -0.2) is 59.1 Å². The summed E-state index contributed by atoms with van der Waals surface area (Å²) in [5, 5.41) is 4.58. The van der Waals surface area contributed by atoms with Crippen LogP contribution in [0.15, 0.2) is 35.4 Å². The Balaban J connectivity index is 1.98. The molecule has 1 aromatic heterocycles. The van der Waals surface area contributed by atoms with E-state index in [2.05, 4.69) is 5.10 Å². The molecule has 0 bridgehead atoms. The summed E-state index contributed by atoms with van der Waals surface area (Å²) in [4.78, 5) is 27.1. The zero-order chi connectivity index (χ0) is 17.1. The van der Waals surface area contributed by atoms with Crippen LogP contribution in [0.5, 0.6) is 0 Å². The molecule has 0 radical (unpaired) electrons. The number of anilines is 1. The van der Waals surface area contributed by atoms with Crippen LogP contribution in [0.3, 0.4) is 0 Å². The molecule has 1 saturated heterocycles. The third-order valence-corrected chi connectivity index (χ3v) is 4.55. The summed E-state index contributed by atoms with van der Waals surface area (Å²) in [6.45, 7) is 2.00. The maximum atomic E-state index is 12.8. The Hall–Kier alpha value is -2.32. The number of nitrogen functional groups attached to an aromatic ring is 1. The molecule has 2 heterocycles. The van der Waals surface area contributed by atoms with Gasteiger partial charge in [-0.15, -0.1) is 16.9 Å². The number of hydrogen-bond donors (Lipinski definition) is 1. The zero-order valence-corrected chi connectivity index (χ0v) is 14.1. The lowest BCUT2D eigenvalue weighted by atomic mass is 10.2. The van der Waals surface area contributed by atoms with Gasteiger partial charge in [0.25, 0.3) is 11.8 Å². The highest BCUT2D eigenvalue weighted by Crippen LogP contribution is 2.28. The Labute approximate surface area is 143 Å². The predicted octanol–water partition coefficient (Wildman–Crippen LogP) is 1.35. The first-order chi connectivity index (χ1) is 11.6. The molecule has 1 aliphatic heterocycles. The quantitative estimate of drug-likeness (QED) is 0.844. The van der Waals surface area contributed by atoms with Crippen LogP contribution in [0.25, 0.3) is 0 Å². The molecule has 0 saturated carbocycles. The van der Waals surface area contributed by atoms with Gasteiger partial charge in [0.15, 0.2) is 5.82 Å². The van der Waals surface area contributed by atoms with Crippen LogP contribution in [0.4, 0.5) is 5.82 Å². The normalized spacial score (nSPS) is 14.6. The molecule has 3 rings (SSSR count). The number of thioether (sulfide) groups is 1. The third kappa shape index (κ3) is 3.02. The van der Waals surface area contributed by atoms with Gasteiger partial charge >= 0.3 is 0 Å². The van der Waals surface area contributed by atoms with Crippen molar-refractivity contribution in [2.24, 2.45) is 0 Å². The molecule has 0 unspecified atom stereocenters. The molecule has 1 fully saturated rings. The molecule has 0 spiro atoms. The van der Waals surface area contributed by atoms with Gasteiger partial charge in [-0.1, -0.05) is 18.2 Å². The van der Waals surface area contributed by atoms with E-state index in [-0.39, 0.29) is 23.2 Å². The zero-order valence-electron chi connectivity index (χ0n) is 13.3. The van der Waals surface area contributed by atoms with Crippen molar-refractivity contribution < 1.29 is 14.3 Å². The minimum atomic E-state index is -0.312. The van der Waals surface area contributed by atoms with Crippen LogP contribution >= 0.6 is 11.8 Å². The number of morpholine rings is 1. The largest absolute Gasteiger partial charge is 0.382 e. The minimum Gasteiger partial charge on any atom is -0.382 e. The summed E-state index contributed by atoms with van der Waals surface area (Å²) < 4.78 is 6.48. The molecule has 1 amide bonds. The van der Waals surface area contributed by atoms with E-state index < -0.39 is 0 Å². The Morgan fingerprint density at radius 2 is 1.83 bits per heavy atom. The first-order valence-corrected chi connectivity index (χ1v) is 8.75. The number of carbonyl (C=O) groups is 2. The molecule has 24 heavy (non-hydrogen) atoms. The lowest BCUT2D eigenvalue weighted by Crippen LogP contribution is -2.41. The van der Waals surface area contributed by atoms with Gasteiger partial charge in [-0.05, 0) is 18.4 Å². The second-order valence-electron chi connectivity index (χ2n) is 5.26. The Morgan fingerprint density at radius 1 is 1.17 bits per heavy atom. The van der Waals surface area contributed by atoms with Crippen LogP contribution in [-0.2, 0) is 4.74 Å². The van der Waals surface area contributed by atoms with Gasteiger partial charge in [0, 0.05) is 18.7 Å². The first-order valence-electron chi connectivity index (χ1n) is 7.52. The molecule has 1 aliphatic rings. The molecular formula is C16H18N4O3S. The number of nitrogens with two attached hydrogens (primary N) is 1. The average molecular weight is 346 g/mol. The summed E-state index contributed by atoms with van der Waals surface area (Å²) in [6, 6.07) is 8.79. The van der Waals surface area contributed by atoms with E-state index >= 15 is 0 Å². The molecule has 2 aromatic rings. The summed E-state index contributed by atoms with van der Waals surface area (Å²) in [5.74, 6) is -0.458. The fourth-order valence-corrected chi connectivity index (χ4v) is 3.27. The van der Waals surface area contributed by atoms with Crippen LogP contribution < -0.4 is 5.73 Å². The highest BCUT2D eigenvalue weighted by Gasteiger charge is 2.29. The number of ether oxygens (including phenoxy) is 1. The van der Waals surface area contributed by atoms with Crippen LogP contribution in [0.2, 0.25) is 0 Å². The molecule has 0 atom stereocenters. The summed E-state index contributed by atoms with van der Waals surface area (Å²) in [7, 11) is 0. The second-order valence-corrected chi connectivity index (χ2v) is 6.05. The highest BCUT2D eigenvalue weighted by molar-refractivity contribution is 7.98. The molecule has 1 aromatic carbocycles. The Bertz CT molecular complexity index is 754. The van der Waals surface area contributed by atoms with Crippen molar-refractivity contribution in [3.8, 4) is 0 Å². The maximum absolute atomic E-state index is 12.8. The van der Waals surface area contributed by atoms with Crippen molar-refractivity contribution in [2.45, 2.75) is 5.03 Å². The first kappa shape index (κ1) is 16.5. The Kier molecular flexibility index (Phi) is 4.86. The van der Waals surface area contributed by atoms with E-state index in [1.54, 1.807) is 35.4 Å². The van der Waals surface area contributed by atoms with E-state index in [0.717, 1.165) is 0 Å². The lowest BCUT2D eigenvalue weighted by Gasteiger charge is -2.26. The van der Waals surface area contributed by atoms with Crippen molar-refractivity contribution in [1.82, 2.24) is 14.7 Å². The number of rotatable bonds is 3. The smallest absolute Gasteiger partial charge is 0.279 e. The van der Waals surface area contributed by atoms with Gasteiger partial charge in [-0.25, -0.2) is 0 Å². The monoisotopic (exact) mass is 346 g/mol. The number of hydrogen-bond acceptors (Lipinski definition) is 6. The number of carbonyl (C=O) groups excluding carboxylic acids is 2. The SMILES string of the molecule is CSc1c(C(=O)N2CCOCC2)c(N)nn1C(=O)c1ccccc1. The van der Waals surface area contributed by atoms with E-state index in [4.69, 9.17) is 10.5 Å². The van der Waals surface area contributed by atoms with E-state index in [0.29, 0.717) is 36.9 Å². The molecule has 126 valence electrons. The van der Waals surface area contributed by atoms with E-state index in [9.17, 15) is 9.59 Å². The van der Waals surface area contributed by atoms with Gasteiger partial charge in [0.1, 0.15) is 10.6 Å². The van der Waals surface area contributed by atoms with Crippen molar-refractivity contribution in [2.75, 3.05) is 38.3 Å². The highest BCUT2D eigenvalue weighted by atomic mass is 32.2. The van der Waals surface area contributed by atoms with Crippen molar-refractivity contribution in [1.29, 1.82) is 0 Å². The number of benzene rings is 1. The lowest BCUT2D eigenvalue weighted by molar-refractivity contribution is 0.0301. The number of aromatic nitrogens is 2. The van der Waals surface area contributed by atoms with Crippen LogP contribution in [0, 0.1) is 0 Å². The third-order valence-electron chi connectivity index (χ3n) is 3.79. The summed E-state index contributed by atoms with van der Waals surface area (Å²) in [5.41, 5.74) is 6.74. The Morgan fingerprint density at radius 3 is 2.46 bits per heavy atom. The molecule has 7 nitrogen and oxygen atoms in total. The fourth-order valence-electron chi connectivity index (χ4n) is 2.57. The maximum Gasteiger partial charge on any atom is 0.279 e. The second kappa shape index (κ2) is 7.06. The molecule has 0 aliphatic carbocycles. The van der Waals surface area contributed by atoms with E-state index in [1.165, 1.54) is 16.4 Å². The summed E-state index contributed by atoms with van der Waals surface area (Å²) >= 11 is 1.28. The summed E-state index contributed by atoms with van der Waals surface area (Å²) in [6.07, 6.45) is 1.79. The van der Waals surface area contributed by atoms with Gasteiger partial charge in [-0.3, -0.25) is 9.59 Å². The van der Waals surface area contributed by atoms with Crippen molar-refractivity contribution in [3.63, 3.8) is 0 Å². The van der Waals surface area contributed by atoms with Crippen molar-refractivity contribution in [3.05, 3.63) is 41.5 Å². The van der Waals surface area contributed by atoms with Crippen LogP contribution in [0.1, 0.15) is 20.7 Å². The predicted molar refractivity (Wildman–Crippen MR) is 91.3 cm³/mol. The van der Waals surface area contributed by atoms with Gasteiger partial charge in [-0.2, -0.15) is 4.68 Å². The minimum absolute atomic E-state index is 0.0696. The van der Waals surface area contributed by atoms with Gasteiger partial charge in [0.05, 0.1) is 13.2 Å². The number of amides is 1. The van der Waals surface area contributed by atoms with Gasteiger partial charge in [0.2, 0.25) is 0 Å². The molecule has 2 N–H and O–H groups in total. The van der Waals surface area contributed by atoms with Gasteiger partial charge < -0.3 is 15.4 Å².